The summed E-state index contributed by atoms with van der Waals surface area (Å²) in [7, 11) is 1.95. The number of rotatable bonds is 6. The lowest BCUT2D eigenvalue weighted by molar-refractivity contribution is 0.471. The van der Waals surface area contributed by atoms with E-state index >= 15 is 0 Å². The van der Waals surface area contributed by atoms with E-state index in [0.717, 1.165) is 28.8 Å². The minimum Gasteiger partial charge on any atom is -0.275 e. The van der Waals surface area contributed by atoms with Crippen LogP contribution in [0.3, 0.4) is 0 Å². The molecule has 0 amide bonds. The minimum atomic E-state index is -0.634. The summed E-state index contributed by atoms with van der Waals surface area (Å²) in [5, 5.41) is 10.9. The summed E-state index contributed by atoms with van der Waals surface area (Å²) >= 11 is 0. The van der Waals surface area contributed by atoms with E-state index < -0.39 is 5.54 Å². The average molecular weight is 469 g/mol. The molecule has 4 aromatic carbocycles. The van der Waals surface area contributed by atoms with Crippen molar-refractivity contribution in [1.29, 1.82) is 0 Å². The molecule has 4 heteroatoms. The van der Waals surface area contributed by atoms with E-state index in [1.165, 1.54) is 22.1 Å². The predicted molar refractivity (Wildman–Crippen MR) is 146 cm³/mol. The lowest BCUT2D eigenvalue weighted by Gasteiger charge is -2.37. The van der Waals surface area contributed by atoms with Gasteiger partial charge < -0.3 is 0 Å². The Morgan fingerprint density at radius 3 is 1.72 bits per heavy atom. The normalized spacial score (nSPS) is 11.7. The fourth-order valence-electron chi connectivity index (χ4n) is 5.35. The van der Waals surface area contributed by atoms with Crippen LogP contribution >= 0.6 is 0 Å². The van der Waals surface area contributed by atoms with Crippen molar-refractivity contribution in [2.24, 2.45) is 7.05 Å². The molecule has 0 aliphatic carbocycles. The van der Waals surface area contributed by atoms with Gasteiger partial charge in [-0.1, -0.05) is 104 Å². The molecule has 2 aromatic heterocycles. The molecule has 0 unspecified atom stereocenters. The van der Waals surface area contributed by atoms with Crippen molar-refractivity contribution < 1.29 is 0 Å². The maximum absolute atomic E-state index is 5.35. The first-order valence-corrected chi connectivity index (χ1v) is 12.4. The molecule has 0 radical (unpaired) electrons. The maximum atomic E-state index is 5.35. The predicted octanol–water partition coefficient (Wildman–Crippen LogP) is 6.84. The molecule has 0 atom stereocenters. The van der Waals surface area contributed by atoms with Crippen LogP contribution in [0.4, 0.5) is 0 Å². The van der Waals surface area contributed by atoms with Crippen molar-refractivity contribution in [1.82, 2.24) is 19.6 Å². The van der Waals surface area contributed by atoms with Gasteiger partial charge in [-0.15, -0.1) is 0 Å². The van der Waals surface area contributed by atoms with E-state index in [2.05, 4.69) is 132 Å². The van der Waals surface area contributed by atoms with E-state index in [1.54, 1.807) is 0 Å². The Labute approximate surface area is 211 Å². The number of fused-ring (bicyclic) bond motifs is 1. The standard InChI is InChI=1S/C32H28N4/c1-3-30-29-21-24(25-22-33-35(2)23-25)19-20-31(29)36(34-30)32(26-13-7-4-8-14-26,27-15-9-5-10-16-27)28-17-11-6-12-18-28/h4-23H,3H2,1-2H3. The second kappa shape index (κ2) is 8.97. The lowest BCUT2D eigenvalue weighted by atomic mass is 9.77. The molecule has 6 aromatic rings. The first-order valence-electron chi connectivity index (χ1n) is 12.4. The molecule has 0 N–H and O–H groups in total. The molecule has 0 spiro atoms. The van der Waals surface area contributed by atoms with Crippen molar-refractivity contribution >= 4 is 10.9 Å². The summed E-state index contributed by atoms with van der Waals surface area (Å²) in [4.78, 5) is 0. The Morgan fingerprint density at radius 1 is 0.694 bits per heavy atom. The Morgan fingerprint density at radius 2 is 1.25 bits per heavy atom. The highest BCUT2D eigenvalue weighted by atomic mass is 15.3. The monoisotopic (exact) mass is 468 g/mol. The van der Waals surface area contributed by atoms with Crippen LogP contribution in [0.25, 0.3) is 22.0 Å². The molecule has 2 heterocycles. The van der Waals surface area contributed by atoms with Gasteiger partial charge in [0.2, 0.25) is 0 Å². The van der Waals surface area contributed by atoms with Crippen LogP contribution in [0, 0.1) is 0 Å². The van der Waals surface area contributed by atoms with Crippen molar-refractivity contribution in [2.75, 3.05) is 0 Å². The highest BCUT2D eigenvalue weighted by molar-refractivity contribution is 5.88. The van der Waals surface area contributed by atoms with Crippen LogP contribution in [0.1, 0.15) is 29.3 Å². The highest BCUT2D eigenvalue weighted by Gasteiger charge is 2.40. The fourth-order valence-corrected chi connectivity index (χ4v) is 5.35. The number of benzene rings is 4. The smallest absolute Gasteiger partial charge is 0.138 e. The van der Waals surface area contributed by atoms with Gasteiger partial charge in [-0.3, -0.25) is 4.68 Å². The first-order chi connectivity index (χ1) is 17.7. The van der Waals surface area contributed by atoms with Crippen LogP contribution in [0.15, 0.2) is 122 Å². The van der Waals surface area contributed by atoms with E-state index in [0.29, 0.717) is 0 Å². The van der Waals surface area contributed by atoms with Gasteiger partial charge in [0.1, 0.15) is 5.54 Å². The zero-order chi connectivity index (χ0) is 24.5. The summed E-state index contributed by atoms with van der Waals surface area (Å²) in [6.07, 6.45) is 4.81. The summed E-state index contributed by atoms with van der Waals surface area (Å²) in [6.45, 7) is 2.18. The maximum Gasteiger partial charge on any atom is 0.138 e. The number of hydrogen-bond donors (Lipinski definition) is 0. The van der Waals surface area contributed by atoms with Gasteiger partial charge in [0.05, 0.1) is 17.4 Å². The van der Waals surface area contributed by atoms with Crippen molar-refractivity contribution in [3.8, 4) is 11.1 Å². The van der Waals surface area contributed by atoms with Gasteiger partial charge in [0.25, 0.3) is 0 Å². The quantitative estimate of drug-likeness (QED) is 0.251. The van der Waals surface area contributed by atoms with Crippen LogP contribution < -0.4 is 0 Å². The topological polar surface area (TPSA) is 35.6 Å². The van der Waals surface area contributed by atoms with E-state index in [-0.39, 0.29) is 0 Å². The van der Waals surface area contributed by atoms with Gasteiger partial charge in [0.15, 0.2) is 0 Å². The minimum absolute atomic E-state index is 0.634. The van der Waals surface area contributed by atoms with Gasteiger partial charge in [-0.05, 0) is 40.8 Å². The van der Waals surface area contributed by atoms with Crippen LogP contribution in [-0.2, 0) is 19.0 Å². The third kappa shape index (κ3) is 3.45. The van der Waals surface area contributed by atoms with E-state index in [9.17, 15) is 0 Å². The van der Waals surface area contributed by atoms with Gasteiger partial charge >= 0.3 is 0 Å². The Kier molecular flexibility index (Phi) is 5.49. The highest BCUT2D eigenvalue weighted by Crippen LogP contribution is 2.43. The largest absolute Gasteiger partial charge is 0.275 e. The van der Waals surface area contributed by atoms with Crippen LogP contribution in [0.2, 0.25) is 0 Å². The van der Waals surface area contributed by atoms with Crippen LogP contribution in [0.5, 0.6) is 0 Å². The zero-order valence-electron chi connectivity index (χ0n) is 20.5. The molecule has 36 heavy (non-hydrogen) atoms. The summed E-state index contributed by atoms with van der Waals surface area (Å²) in [5.74, 6) is 0. The third-order valence-corrected chi connectivity index (χ3v) is 7.02. The number of hydrogen-bond acceptors (Lipinski definition) is 2. The third-order valence-electron chi connectivity index (χ3n) is 7.02. The number of nitrogens with zero attached hydrogens (tertiary/aromatic N) is 4. The summed E-state index contributed by atoms with van der Waals surface area (Å²) < 4.78 is 4.09. The SMILES string of the molecule is CCc1nn(C(c2ccccc2)(c2ccccc2)c2ccccc2)c2ccc(-c3cnn(C)c3)cc12. The lowest BCUT2D eigenvalue weighted by Crippen LogP contribution is -2.38. The molecule has 0 aliphatic heterocycles. The summed E-state index contributed by atoms with van der Waals surface area (Å²) in [6, 6.07) is 38.8. The van der Waals surface area contributed by atoms with E-state index in [4.69, 9.17) is 5.10 Å². The second-order valence-electron chi connectivity index (χ2n) is 9.16. The molecule has 0 fully saturated rings. The molecule has 0 saturated heterocycles. The van der Waals surface area contributed by atoms with Gasteiger partial charge in [-0.2, -0.15) is 10.2 Å². The molecule has 6 rings (SSSR count). The molecule has 4 nitrogen and oxygen atoms in total. The molecular formula is C32H28N4. The number of aryl methyl sites for hydroxylation is 2. The second-order valence-corrected chi connectivity index (χ2v) is 9.16. The number of aromatic nitrogens is 4. The molecular weight excluding hydrogens is 440 g/mol. The fraction of sp³-hybridized carbons (Fsp3) is 0.125. The summed E-state index contributed by atoms with van der Waals surface area (Å²) in [5.41, 5.74) is 7.33. The van der Waals surface area contributed by atoms with Gasteiger partial charge in [0, 0.05) is 24.2 Å². The first kappa shape index (κ1) is 22.1. The molecule has 176 valence electrons. The van der Waals surface area contributed by atoms with Crippen molar-refractivity contribution in [2.45, 2.75) is 18.9 Å². The van der Waals surface area contributed by atoms with Gasteiger partial charge in [-0.25, -0.2) is 4.68 Å². The zero-order valence-corrected chi connectivity index (χ0v) is 20.5. The van der Waals surface area contributed by atoms with Crippen molar-refractivity contribution in [3.63, 3.8) is 0 Å². The molecule has 0 saturated carbocycles. The molecule has 0 bridgehead atoms. The Balaban J connectivity index is 1.72. The average Bonchev–Trinajstić information content (AvgIpc) is 3.54. The Bertz CT molecular complexity index is 1520. The Hall–Kier alpha value is -4.44. The van der Waals surface area contributed by atoms with Crippen molar-refractivity contribution in [3.05, 3.63) is 144 Å². The van der Waals surface area contributed by atoms with E-state index in [1.807, 2.05) is 17.9 Å². The van der Waals surface area contributed by atoms with Crippen LogP contribution in [-0.4, -0.2) is 19.6 Å². The molecule has 0 aliphatic rings.